The van der Waals surface area contributed by atoms with Crippen LogP contribution in [0.3, 0.4) is 0 Å². The summed E-state index contributed by atoms with van der Waals surface area (Å²) in [5.41, 5.74) is 8.44. The first-order valence-corrected chi connectivity index (χ1v) is 7.27. The minimum Gasteiger partial charge on any atom is -0.492 e. The molecular weight excluding hydrogens is 318 g/mol. The molecule has 7 nitrogen and oxygen atoms in total. The lowest BCUT2D eigenvalue weighted by Crippen LogP contribution is -2.22. The van der Waals surface area contributed by atoms with E-state index in [0.29, 0.717) is 34.1 Å². The van der Waals surface area contributed by atoms with Crippen LogP contribution in [-0.4, -0.2) is 32.5 Å². The van der Waals surface area contributed by atoms with Gasteiger partial charge in [0, 0.05) is 33.6 Å². The van der Waals surface area contributed by atoms with Crippen molar-refractivity contribution in [1.29, 1.82) is 0 Å². The fourth-order valence-electron chi connectivity index (χ4n) is 2.85. The SMILES string of the molecule is Nc1nc(O)c(C2=CCNC(=O)c3[nH]c4ccc(Cl)cc4c32)[nH]1. The predicted molar refractivity (Wildman–Crippen MR) is 87.4 cm³/mol. The van der Waals surface area contributed by atoms with Crippen LogP contribution in [0.5, 0.6) is 5.88 Å². The van der Waals surface area contributed by atoms with E-state index in [1.807, 2.05) is 0 Å². The molecule has 1 aliphatic rings. The van der Waals surface area contributed by atoms with Crippen molar-refractivity contribution in [3.8, 4) is 5.88 Å². The molecule has 116 valence electrons. The maximum atomic E-state index is 12.3. The standard InChI is InChI=1S/C15H12ClN5O2/c16-6-1-2-9-8(5-6)10-7(11-14(23)21-15(17)20-11)3-4-18-13(22)12(10)19-9/h1-3,5,19,23H,4H2,(H,18,22)(H3,17,20,21). The number of hydrogen-bond donors (Lipinski definition) is 5. The molecule has 0 atom stereocenters. The molecule has 0 saturated carbocycles. The number of nitrogens with two attached hydrogens (primary N) is 1. The molecule has 4 rings (SSSR count). The number of nitrogens with one attached hydrogen (secondary N) is 3. The zero-order valence-corrected chi connectivity index (χ0v) is 12.5. The Morgan fingerprint density at radius 2 is 2.09 bits per heavy atom. The molecule has 1 amide bonds. The third-order valence-corrected chi connectivity index (χ3v) is 4.03. The highest BCUT2D eigenvalue weighted by molar-refractivity contribution is 6.31. The highest BCUT2D eigenvalue weighted by Gasteiger charge is 2.26. The maximum absolute atomic E-state index is 12.3. The number of nitrogen functional groups attached to an aromatic ring is 1. The van der Waals surface area contributed by atoms with Crippen LogP contribution in [-0.2, 0) is 0 Å². The quantitative estimate of drug-likeness (QED) is 0.469. The normalized spacial score (nSPS) is 14.3. The van der Waals surface area contributed by atoms with E-state index in [0.717, 1.165) is 10.9 Å². The van der Waals surface area contributed by atoms with Gasteiger partial charge in [0.2, 0.25) is 11.8 Å². The number of halogens is 1. The topological polar surface area (TPSA) is 120 Å². The third kappa shape index (κ3) is 2.05. The van der Waals surface area contributed by atoms with Crippen LogP contribution in [0.1, 0.15) is 21.7 Å². The largest absolute Gasteiger partial charge is 0.492 e. The van der Waals surface area contributed by atoms with E-state index in [4.69, 9.17) is 17.3 Å². The zero-order chi connectivity index (χ0) is 16.1. The molecule has 3 aromatic rings. The minimum absolute atomic E-state index is 0.0985. The van der Waals surface area contributed by atoms with Gasteiger partial charge in [0.05, 0.1) is 0 Å². The van der Waals surface area contributed by atoms with Gasteiger partial charge in [-0.05, 0) is 18.2 Å². The molecule has 23 heavy (non-hydrogen) atoms. The van der Waals surface area contributed by atoms with E-state index < -0.39 is 0 Å². The van der Waals surface area contributed by atoms with Crippen molar-refractivity contribution in [3.63, 3.8) is 0 Å². The number of nitrogens with zero attached hydrogens (tertiary/aromatic N) is 1. The smallest absolute Gasteiger partial charge is 0.268 e. The highest BCUT2D eigenvalue weighted by Crippen LogP contribution is 2.37. The molecule has 1 aromatic carbocycles. The summed E-state index contributed by atoms with van der Waals surface area (Å²) in [5.74, 6) is -0.350. The Morgan fingerprint density at radius 3 is 2.83 bits per heavy atom. The zero-order valence-electron chi connectivity index (χ0n) is 11.8. The fraction of sp³-hybridized carbons (Fsp3) is 0.0667. The van der Waals surface area contributed by atoms with Gasteiger partial charge in [0.25, 0.3) is 5.91 Å². The summed E-state index contributed by atoms with van der Waals surface area (Å²) >= 11 is 6.10. The lowest BCUT2D eigenvalue weighted by molar-refractivity contribution is 0.0954. The number of aromatic hydroxyl groups is 1. The van der Waals surface area contributed by atoms with E-state index in [1.54, 1.807) is 24.3 Å². The molecule has 0 spiro atoms. The van der Waals surface area contributed by atoms with Crippen LogP contribution in [0.2, 0.25) is 5.02 Å². The monoisotopic (exact) mass is 329 g/mol. The first-order chi connectivity index (χ1) is 11.0. The molecule has 1 aliphatic heterocycles. The van der Waals surface area contributed by atoms with Crippen LogP contribution in [0.4, 0.5) is 5.95 Å². The van der Waals surface area contributed by atoms with Gasteiger partial charge in [0.1, 0.15) is 11.4 Å². The van der Waals surface area contributed by atoms with Gasteiger partial charge in [-0.2, -0.15) is 4.98 Å². The molecule has 0 fully saturated rings. The number of hydrogen-bond acceptors (Lipinski definition) is 4. The number of carbonyl (C=O) groups is 1. The number of anilines is 1. The van der Waals surface area contributed by atoms with Crippen molar-refractivity contribution in [3.05, 3.63) is 46.2 Å². The van der Waals surface area contributed by atoms with Crippen LogP contribution < -0.4 is 11.1 Å². The Morgan fingerprint density at radius 1 is 1.26 bits per heavy atom. The van der Waals surface area contributed by atoms with E-state index in [2.05, 4.69) is 20.3 Å². The lowest BCUT2D eigenvalue weighted by Gasteiger charge is -2.05. The molecule has 8 heteroatoms. The molecular formula is C15H12ClN5O2. The number of rotatable bonds is 1. The first kappa shape index (κ1) is 13.7. The number of benzene rings is 1. The van der Waals surface area contributed by atoms with Crippen molar-refractivity contribution < 1.29 is 9.90 Å². The average Bonchev–Trinajstić information content (AvgIpc) is 2.98. The van der Waals surface area contributed by atoms with Crippen molar-refractivity contribution in [2.45, 2.75) is 0 Å². The molecule has 0 unspecified atom stereocenters. The number of fused-ring (bicyclic) bond motifs is 3. The number of amides is 1. The third-order valence-electron chi connectivity index (χ3n) is 3.80. The second-order valence-electron chi connectivity index (χ2n) is 5.21. The average molecular weight is 330 g/mol. The molecule has 6 N–H and O–H groups in total. The van der Waals surface area contributed by atoms with Crippen LogP contribution in [0, 0.1) is 0 Å². The van der Waals surface area contributed by atoms with Crippen molar-refractivity contribution in [1.82, 2.24) is 20.3 Å². The molecule has 0 saturated heterocycles. The molecule has 0 radical (unpaired) electrons. The molecule has 2 aromatic heterocycles. The summed E-state index contributed by atoms with van der Waals surface area (Å²) < 4.78 is 0. The van der Waals surface area contributed by atoms with Crippen molar-refractivity contribution >= 4 is 39.9 Å². The summed E-state index contributed by atoms with van der Waals surface area (Å²) in [6, 6.07) is 5.32. The number of imidazole rings is 1. The Labute approximate surface area is 135 Å². The molecule has 0 bridgehead atoms. The van der Waals surface area contributed by atoms with Crippen molar-refractivity contribution in [2.75, 3.05) is 12.3 Å². The first-order valence-electron chi connectivity index (χ1n) is 6.89. The Kier molecular flexibility index (Phi) is 2.85. The summed E-state index contributed by atoms with van der Waals surface area (Å²) in [6.45, 7) is 0.317. The van der Waals surface area contributed by atoms with Gasteiger partial charge in [-0.25, -0.2) is 0 Å². The van der Waals surface area contributed by atoms with E-state index in [1.165, 1.54) is 0 Å². The number of carbonyl (C=O) groups excluding carboxylic acids is 1. The number of H-pyrrole nitrogens is 2. The van der Waals surface area contributed by atoms with Gasteiger partial charge >= 0.3 is 0 Å². The van der Waals surface area contributed by atoms with Crippen LogP contribution in [0.25, 0.3) is 16.5 Å². The Hall–Kier alpha value is -2.93. The van der Waals surface area contributed by atoms with Gasteiger partial charge in [0.15, 0.2) is 0 Å². The Balaban J connectivity index is 2.07. The molecule has 0 aliphatic carbocycles. The molecule has 3 heterocycles. The Bertz CT molecular complexity index is 985. The summed E-state index contributed by atoms with van der Waals surface area (Å²) in [4.78, 5) is 22.0. The second kappa shape index (κ2) is 4.79. The van der Waals surface area contributed by atoms with E-state index in [9.17, 15) is 9.90 Å². The maximum Gasteiger partial charge on any atom is 0.268 e. The van der Waals surface area contributed by atoms with Gasteiger partial charge < -0.3 is 26.1 Å². The van der Waals surface area contributed by atoms with Crippen LogP contribution >= 0.6 is 11.6 Å². The van der Waals surface area contributed by atoms with E-state index in [-0.39, 0.29) is 17.7 Å². The van der Waals surface area contributed by atoms with Crippen molar-refractivity contribution in [2.24, 2.45) is 0 Å². The number of aromatic amines is 2. The van der Waals surface area contributed by atoms with Gasteiger partial charge in [-0.15, -0.1) is 0 Å². The summed E-state index contributed by atoms with van der Waals surface area (Å²) in [5, 5.41) is 14.1. The van der Waals surface area contributed by atoms with Gasteiger partial charge in [-0.1, -0.05) is 17.7 Å². The summed E-state index contributed by atoms with van der Waals surface area (Å²) in [7, 11) is 0. The fourth-order valence-corrected chi connectivity index (χ4v) is 3.02. The minimum atomic E-state index is -0.231. The lowest BCUT2D eigenvalue weighted by atomic mass is 9.99. The second-order valence-corrected chi connectivity index (χ2v) is 5.65. The van der Waals surface area contributed by atoms with Crippen LogP contribution in [0.15, 0.2) is 24.3 Å². The summed E-state index contributed by atoms with van der Waals surface area (Å²) in [6.07, 6.45) is 1.80. The van der Waals surface area contributed by atoms with E-state index >= 15 is 0 Å². The van der Waals surface area contributed by atoms with Gasteiger partial charge in [-0.3, -0.25) is 4.79 Å². The highest BCUT2D eigenvalue weighted by atomic mass is 35.5. The number of aromatic nitrogens is 3. The predicted octanol–water partition coefficient (Wildman–Crippen LogP) is 2.01.